The monoisotopic (exact) mass is 320 g/mol. The third-order valence-corrected chi connectivity index (χ3v) is 3.68. The lowest BCUT2D eigenvalue weighted by Gasteiger charge is -2.33. The van der Waals surface area contributed by atoms with Crippen molar-refractivity contribution in [2.24, 2.45) is 0 Å². The SMILES string of the molecule is O=C(CCl)N1CCCC(Nc2cccc(C(F)(F)F)c2)C1. The summed E-state index contributed by atoms with van der Waals surface area (Å²) in [6, 6.07) is 5.03. The second-order valence-corrected chi connectivity index (χ2v) is 5.30. The number of piperidine rings is 1. The largest absolute Gasteiger partial charge is 0.416 e. The number of anilines is 1. The molecule has 0 aliphatic carbocycles. The van der Waals surface area contributed by atoms with Crippen molar-refractivity contribution in [3.05, 3.63) is 29.8 Å². The van der Waals surface area contributed by atoms with Crippen LogP contribution in [0, 0.1) is 0 Å². The van der Waals surface area contributed by atoms with Crippen molar-refractivity contribution >= 4 is 23.2 Å². The van der Waals surface area contributed by atoms with Crippen LogP contribution in [-0.4, -0.2) is 35.8 Å². The Balaban J connectivity index is 2.03. The maximum atomic E-state index is 12.7. The molecule has 1 heterocycles. The molecule has 0 aromatic heterocycles. The van der Waals surface area contributed by atoms with Crippen LogP contribution in [-0.2, 0) is 11.0 Å². The highest BCUT2D eigenvalue weighted by molar-refractivity contribution is 6.27. The zero-order valence-electron chi connectivity index (χ0n) is 11.3. The molecule has 1 aromatic rings. The van der Waals surface area contributed by atoms with E-state index in [0.29, 0.717) is 18.8 Å². The van der Waals surface area contributed by atoms with Crippen LogP contribution in [0.4, 0.5) is 18.9 Å². The number of rotatable bonds is 3. The fraction of sp³-hybridized carbons (Fsp3) is 0.500. The van der Waals surface area contributed by atoms with E-state index in [1.165, 1.54) is 6.07 Å². The smallest absolute Gasteiger partial charge is 0.381 e. The van der Waals surface area contributed by atoms with Gasteiger partial charge in [0, 0.05) is 24.8 Å². The van der Waals surface area contributed by atoms with Gasteiger partial charge in [0.15, 0.2) is 0 Å². The Kier molecular flexibility index (Phi) is 4.98. The van der Waals surface area contributed by atoms with Crippen molar-refractivity contribution in [3.63, 3.8) is 0 Å². The molecule has 2 rings (SSSR count). The van der Waals surface area contributed by atoms with Crippen LogP contribution < -0.4 is 5.32 Å². The second kappa shape index (κ2) is 6.56. The predicted octanol–water partition coefficient (Wildman–Crippen LogP) is 3.35. The normalized spacial score (nSPS) is 19.4. The molecule has 116 valence electrons. The average Bonchev–Trinajstić information content (AvgIpc) is 2.46. The predicted molar refractivity (Wildman–Crippen MR) is 75.4 cm³/mol. The molecule has 1 aromatic carbocycles. The first-order valence-electron chi connectivity index (χ1n) is 6.67. The molecule has 1 aliphatic heterocycles. The fourth-order valence-corrected chi connectivity index (χ4v) is 2.60. The summed E-state index contributed by atoms with van der Waals surface area (Å²) >= 11 is 5.53. The molecule has 0 bridgehead atoms. The van der Waals surface area contributed by atoms with Crippen LogP contribution in [0.3, 0.4) is 0 Å². The van der Waals surface area contributed by atoms with Gasteiger partial charge in [-0.15, -0.1) is 11.6 Å². The summed E-state index contributed by atoms with van der Waals surface area (Å²) in [6.07, 6.45) is -2.74. The molecule has 1 atom stereocenters. The van der Waals surface area contributed by atoms with Crippen LogP contribution in [0.25, 0.3) is 0 Å². The summed E-state index contributed by atoms with van der Waals surface area (Å²) in [5.74, 6) is -0.219. The second-order valence-electron chi connectivity index (χ2n) is 5.04. The summed E-state index contributed by atoms with van der Waals surface area (Å²) in [7, 11) is 0. The summed E-state index contributed by atoms with van der Waals surface area (Å²) < 4.78 is 38.0. The first-order valence-corrected chi connectivity index (χ1v) is 7.21. The Morgan fingerprint density at radius 2 is 2.19 bits per heavy atom. The van der Waals surface area contributed by atoms with Gasteiger partial charge < -0.3 is 10.2 Å². The lowest BCUT2D eigenvalue weighted by Crippen LogP contribution is -2.45. The number of alkyl halides is 4. The summed E-state index contributed by atoms with van der Waals surface area (Å²) in [6.45, 7) is 1.11. The highest BCUT2D eigenvalue weighted by Gasteiger charge is 2.30. The van der Waals surface area contributed by atoms with E-state index in [4.69, 9.17) is 11.6 Å². The van der Waals surface area contributed by atoms with Crippen LogP contribution in [0.1, 0.15) is 18.4 Å². The molecule has 0 saturated carbocycles. The molecule has 1 amide bonds. The Hall–Kier alpha value is -1.43. The van der Waals surface area contributed by atoms with Gasteiger partial charge in [-0.1, -0.05) is 6.07 Å². The number of hydrogen-bond acceptors (Lipinski definition) is 2. The van der Waals surface area contributed by atoms with Crippen LogP contribution >= 0.6 is 11.6 Å². The Bertz CT molecular complexity index is 507. The minimum Gasteiger partial charge on any atom is -0.381 e. The van der Waals surface area contributed by atoms with Gasteiger partial charge in [-0.25, -0.2) is 0 Å². The van der Waals surface area contributed by atoms with Crippen molar-refractivity contribution < 1.29 is 18.0 Å². The molecule has 0 spiro atoms. The lowest BCUT2D eigenvalue weighted by molar-refractivity contribution is -0.137. The van der Waals surface area contributed by atoms with E-state index in [0.717, 1.165) is 25.0 Å². The molecule has 3 nitrogen and oxygen atoms in total. The molecule has 1 N–H and O–H groups in total. The number of benzene rings is 1. The van der Waals surface area contributed by atoms with E-state index >= 15 is 0 Å². The quantitative estimate of drug-likeness (QED) is 0.866. The number of carbonyl (C=O) groups is 1. The number of halogens is 4. The van der Waals surface area contributed by atoms with Crippen LogP contribution in [0.5, 0.6) is 0 Å². The van der Waals surface area contributed by atoms with Gasteiger partial charge in [0.1, 0.15) is 5.88 Å². The van der Waals surface area contributed by atoms with Gasteiger partial charge in [-0.2, -0.15) is 13.2 Å². The topological polar surface area (TPSA) is 32.3 Å². The molecule has 0 radical (unpaired) electrons. The molecular formula is C14H16ClF3N2O. The number of likely N-dealkylation sites (tertiary alicyclic amines) is 1. The first kappa shape index (κ1) is 15.9. The van der Waals surface area contributed by atoms with Crippen molar-refractivity contribution in [3.8, 4) is 0 Å². The molecule has 7 heteroatoms. The fourth-order valence-electron chi connectivity index (χ4n) is 2.43. The number of nitrogens with zero attached hydrogens (tertiary/aromatic N) is 1. The highest BCUT2D eigenvalue weighted by atomic mass is 35.5. The highest BCUT2D eigenvalue weighted by Crippen LogP contribution is 2.31. The number of nitrogens with one attached hydrogen (secondary N) is 1. The third kappa shape index (κ3) is 4.27. The van der Waals surface area contributed by atoms with E-state index in [2.05, 4.69) is 5.32 Å². The molecule has 21 heavy (non-hydrogen) atoms. The summed E-state index contributed by atoms with van der Waals surface area (Å²) in [5.41, 5.74) is -0.271. The van der Waals surface area contributed by atoms with Gasteiger partial charge in [0.2, 0.25) is 5.91 Å². The van der Waals surface area contributed by atoms with Crippen LogP contribution in [0.15, 0.2) is 24.3 Å². The number of hydrogen-bond donors (Lipinski definition) is 1. The van der Waals surface area contributed by atoms with E-state index < -0.39 is 11.7 Å². The van der Waals surface area contributed by atoms with Crippen molar-refractivity contribution in [2.45, 2.75) is 25.1 Å². The van der Waals surface area contributed by atoms with Crippen LogP contribution in [0.2, 0.25) is 0 Å². The van der Waals surface area contributed by atoms with Gasteiger partial charge in [0.05, 0.1) is 5.56 Å². The van der Waals surface area contributed by atoms with Gasteiger partial charge in [-0.3, -0.25) is 4.79 Å². The van der Waals surface area contributed by atoms with Crippen molar-refractivity contribution in [1.29, 1.82) is 0 Å². The Morgan fingerprint density at radius 1 is 1.43 bits per heavy atom. The standard InChI is InChI=1S/C14H16ClF3N2O/c15-8-13(21)20-6-2-5-12(9-20)19-11-4-1-3-10(7-11)14(16,17)18/h1,3-4,7,12,19H,2,5-6,8-9H2. The van der Waals surface area contributed by atoms with E-state index in [9.17, 15) is 18.0 Å². The zero-order chi connectivity index (χ0) is 15.5. The third-order valence-electron chi connectivity index (χ3n) is 3.45. The first-order chi connectivity index (χ1) is 9.90. The van der Waals surface area contributed by atoms with Crippen molar-refractivity contribution in [2.75, 3.05) is 24.3 Å². The van der Waals surface area contributed by atoms with E-state index in [-0.39, 0.29) is 17.8 Å². The zero-order valence-corrected chi connectivity index (χ0v) is 12.0. The number of carbonyl (C=O) groups excluding carboxylic acids is 1. The minimum absolute atomic E-state index is 0.0607. The lowest BCUT2D eigenvalue weighted by atomic mass is 10.0. The van der Waals surface area contributed by atoms with Gasteiger partial charge in [-0.05, 0) is 31.0 Å². The number of amides is 1. The Morgan fingerprint density at radius 3 is 2.86 bits per heavy atom. The molecule has 1 aliphatic rings. The van der Waals surface area contributed by atoms with E-state index in [1.807, 2.05) is 0 Å². The van der Waals surface area contributed by atoms with Gasteiger partial charge in [0.25, 0.3) is 0 Å². The molecule has 1 saturated heterocycles. The maximum absolute atomic E-state index is 12.7. The maximum Gasteiger partial charge on any atom is 0.416 e. The summed E-state index contributed by atoms with van der Waals surface area (Å²) in [5, 5.41) is 3.07. The van der Waals surface area contributed by atoms with Gasteiger partial charge >= 0.3 is 6.18 Å². The molecular weight excluding hydrogens is 305 g/mol. The molecule has 1 unspecified atom stereocenters. The minimum atomic E-state index is -4.36. The summed E-state index contributed by atoms with van der Waals surface area (Å²) in [4.78, 5) is 13.2. The molecule has 1 fully saturated rings. The average molecular weight is 321 g/mol. The van der Waals surface area contributed by atoms with Crippen molar-refractivity contribution in [1.82, 2.24) is 4.90 Å². The van der Waals surface area contributed by atoms with E-state index in [1.54, 1.807) is 11.0 Å². The Labute approximate surface area is 126 Å².